The van der Waals surface area contributed by atoms with Gasteiger partial charge in [0.05, 0.1) is 5.02 Å². The van der Waals surface area contributed by atoms with Crippen LogP contribution in [0.2, 0.25) is 5.02 Å². The topological polar surface area (TPSA) is 50.8 Å². The first-order valence-corrected chi connectivity index (χ1v) is 10.4. The first kappa shape index (κ1) is 19.8. The molecule has 1 amide bonds. The second-order valence-electron chi connectivity index (χ2n) is 7.33. The number of ether oxygens (including phenoxy) is 2. The van der Waals surface area contributed by atoms with Gasteiger partial charge >= 0.3 is 0 Å². The minimum atomic E-state index is -0.146. The lowest BCUT2D eigenvalue weighted by Gasteiger charge is -2.19. The molecule has 0 bridgehead atoms. The molecule has 2 heterocycles. The van der Waals surface area contributed by atoms with Gasteiger partial charge in [-0.3, -0.25) is 9.69 Å². The number of carbonyl (C=O) groups excluding carboxylic acids is 1. The standard InChI is InChI=1S/C23H25ClN2O3/c24-20-13-17(14-21-23(20)29-12-11-28-21)7-8-22(27)25-15-18-5-1-2-6-19(18)16-26-9-3-4-10-26/h1-2,5-8,13-14H,3-4,9-12,15-16H2,(H,25,27)/b8-7+. The molecule has 152 valence electrons. The normalized spacial score (nSPS) is 16.3. The van der Waals surface area contributed by atoms with E-state index in [1.54, 1.807) is 12.1 Å². The highest BCUT2D eigenvalue weighted by Crippen LogP contribution is 2.38. The van der Waals surface area contributed by atoms with Crippen molar-refractivity contribution in [1.29, 1.82) is 0 Å². The SMILES string of the molecule is O=C(/C=C/c1cc(Cl)c2c(c1)OCCO2)NCc1ccccc1CN1CCCC1. The summed E-state index contributed by atoms with van der Waals surface area (Å²) >= 11 is 6.25. The fourth-order valence-electron chi connectivity index (χ4n) is 3.71. The van der Waals surface area contributed by atoms with Crippen molar-refractivity contribution in [2.45, 2.75) is 25.9 Å². The molecule has 2 aliphatic heterocycles. The maximum absolute atomic E-state index is 12.3. The van der Waals surface area contributed by atoms with Crippen LogP contribution in [0.4, 0.5) is 0 Å². The fourth-order valence-corrected chi connectivity index (χ4v) is 3.98. The zero-order valence-electron chi connectivity index (χ0n) is 16.3. The van der Waals surface area contributed by atoms with E-state index >= 15 is 0 Å². The van der Waals surface area contributed by atoms with Crippen LogP contribution in [0.1, 0.15) is 29.5 Å². The van der Waals surface area contributed by atoms with Crippen LogP contribution in [0.5, 0.6) is 11.5 Å². The molecule has 2 aromatic carbocycles. The lowest BCUT2D eigenvalue weighted by Crippen LogP contribution is -2.23. The van der Waals surface area contributed by atoms with E-state index in [4.69, 9.17) is 21.1 Å². The van der Waals surface area contributed by atoms with Crippen molar-refractivity contribution in [3.8, 4) is 11.5 Å². The van der Waals surface area contributed by atoms with E-state index in [-0.39, 0.29) is 5.91 Å². The van der Waals surface area contributed by atoms with Gasteiger partial charge in [0.2, 0.25) is 5.91 Å². The Morgan fingerprint density at radius 2 is 1.86 bits per heavy atom. The maximum Gasteiger partial charge on any atom is 0.244 e. The Balaban J connectivity index is 1.36. The largest absolute Gasteiger partial charge is 0.486 e. The monoisotopic (exact) mass is 412 g/mol. The van der Waals surface area contributed by atoms with E-state index in [0.717, 1.165) is 30.8 Å². The van der Waals surface area contributed by atoms with Crippen molar-refractivity contribution in [2.24, 2.45) is 0 Å². The molecule has 0 aromatic heterocycles. The third kappa shape index (κ3) is 5.11. The summed E-state index contributed by atoms with van der Waals surface area (Å²) in [5.41, 5.74) is 3.23. The third-order valence-corrected chi connectivity index (χ3v) is 5.49. The second-order valence-corrected chi connectivity index (χ2v) is 7.74. The molecule has 1 saturated heterocycles. The molecular formula is C23H25ClN2O3. The van der Waals surface area contributed by atoms with Gasteiger partial charge in [-0.1, -0.05) is 35.9 Å². The van der Waals surface area contributed by atoms with Gasteiger partial charge < -0.3 is 14.8 Å². The zero-order valence-corrected chi connectivity index (χ0v) is 17.1. The van der Waals surface area contributed by atoms with Gasteiger partial charge in [-0.15, -0.1) is 0 Å². The van der Waals surface area contributed by atoms with Crippen LogP contribution in [0.3, 0.4) is 0 Å². The minimum absolute atomic E-state index is 0.146. The van der Waals surface area contributed by atoms with Crippen molar-refractivity contribution in [1.82, 2.24) is 10.2 Å². The van der Waals surface area contributed by atoms with Gasteiger partial charge in [0.25, 0.3) is 0 Å². The number of hydrogen-bond donors (Lipinski definition) is 1. The summed E-state index contributed by atoms with van der Waals surface area (Å²) in [4.78, 5) is 14.8. The van der Waals surface area contributed by atoms with E-state index in [1.807, 2.05) is 12.1 Å². The summed E-state index contributed by atoms with van der Waals surface area (Å²) in [6.07, 6.45) is 5.79. The van der Waals surface area contributed by atoms with Crippen LogP contribution in [0.25, 0.3) is 6.08 Å². The molecule has 0 aliphatic carbocycles. The Labute approximate surface area is 176 Å². The lowest BCUT2D eigenvalue weighted by atomic mass is 10.1. The third-order valence-electron chi connectivity index (χ3n) is 5.21. The molecule has 0 atom stereocenters. The Morgan fingerprint density at radius 1 is 1.10 bits per heavy atom. The molecule has 0 unspecified atom stereocenters. The van der Waals surface area contributed by atoms with Gasteiger partial charge in [-0.2, -0.15) is 0 Å². The molecule has 0 radical (unpaired) electrons. The number of fused-ring (bicyclic) bond motifs is 1. The van der Waals surface area contributed by atoms with Gasteiger partial charge in [0, 0.05) is 19.2 Å². The Bertz CT molecular complexity index is 907. The van der Waals surface area contributed by atoms with E-state index < -0.39 is 0 Å². The summed E-state index contributed by atoms with van der Waals surface area (Å²) in [5, 5.41) is 3.46. The van der Waals surface area contributed by atoms with Crippen LogP contribution >= 0.6 is 11.6 Å². The van der Waals surface area contributed by atoms with Crippen molar-refractivity contribution >= 4 is 23.6 Å². The zero-order chi connectivity index (χ0) is 20.1. The summed E-state index contributed by atoms with van der Waals surface area (Å²) in [6.45, 7) is 4.74. The Kier molecular flexibility index (Phi) is 6.37. The maximum atomic E-state index is 12.3. The van der Waals surface area contributed by atoms with Crippen LogP contribution in [-0.2, 0) is 17.9 Å². The average molecular weight is 413 g/mol. The van der Waals surface area contributed by atoms with Crippen molar-refractivity contribution in [3.63, 3.8) is 0 Å². The number of rotatable bonds is 6. The summed E-state index contributed by atoms with van der Waals surface area (Å²) in [6, 6.07) is 11.9. The predicted molar refractivity (Wildman–Crippen MR) is 114 cm³/mol. The number of carbonyl (C=O) groups is 1. The van der Waals surface area contributed by atoms with Crippen molar-refractivity contribution in [3.05, 3.63) is 64.2 Å². The van der Waals surface area contributed by atoms with Crippen molar-refractivity contribution < 1.29 is 14.3 Å². The van der Waals surface area contributed by atoms with E-state index in [2.05, 4.69) is 28.4 Å². The highest BCUT2D eigenvalue weighted by molar-refractivity contribution is 6.32. The molecule has 1 fully saturated rings. The summed E-state index contributed by atoms with van der Waals surface area (Å²) in [5.74, 6) is 1.03. The number of halogens is 1. The Hall–Kier alpha value is -2.50. The molecule has 1 N–H and O–H groups in total. The number of amides is 1. The fraction of sp³-hybridized carbons (Fsp3) is 0.348. The molecule has 4 rings (SSSR count). The minimum Gasteiger partial charge on any atom is -0.486 e. The van der Waals surface area contributed by atoms with Gasteiger partial charge in [0.15, 0.2) is 11.5 Å². The number of benzene rings is 2. The van der Waals surface area contributed by atoms with Crippen LogP contribution in [-0.4, -0.2) is 37.1 Å². The molecule has 29 heavy (non-hydrogen) atoms. The molecular weight excluding hydrogens is 388 g/mol. The van der Waals surface area contributed by atoms with Gasteiger partial charge in [0.1, 0.15) is 13.2 Å². The number of likely N-dealkylation sites (tertiary alicyclic amines) is 1. The van der Waals surface area contributed by atoms with Crippen LogP contribution in [0, 0.1) is 0 Å². The van der Waals surface area contributed by atoms with E-state index in [1.165, 1.54) is 24.5 Å². The molecule has 5 nitrogen and oxygen atoms in total. The highest BCUT2D eigenvalue weighted by Gasteiger charge is 2.16. The first-order chi connectivity index (χ1) is 14.2. The molecule has 0 saturated carbocycles. The second kappa shape index (κ2) is 9.33. The lowest BCUT2D eigenvalue weighted by molar-refractivity contribution is -0.116. The molecule has 2 aromatic rings. The first-order valence-electron chi connectivity index (χ1n) is 10.0. The number of hydrogen-bond acceptors (Lipinski definition) is 4. The van der Waals surface area contributed by atoms with Crippen molar-refractivity contribution in [2.75, 3.05) is 26.3 Å². The number of nitrogens with zero attached hydrogens (tertiary/aromatic N) is 1. The van der Waals surface area contributed by atoms with Gasteiger partial charge in [-0.25, -0.2) is 0 Å². The number of nitrogens with one attached hydrogen (secondary N) is 1. The summed E-state index contributed by atoms with van der Waals surface area (Å²) < 4.78 is 11.1. The van der Waals surface area contributed by atoms with Gasteiger partial charge in [-0.05, 0) is 60.8 Å². The highest BCUT2D eigenvalue weighted by atomic mass is 35.5. The quantitative estimate of drug-likeness (QED) is 0.727. The van der Waals surface area contributed by atoms with Crippen LogP contribution in [0.15, 0.2) is 42.5 Å². The van der Waals surface area contributed by atoms with E-state index in [0.29, 0.717) is 36.3 Å². The molecule has 6 heteroatoms. The molecule has 2 aliphatic rings. The predicted octanol–water partition coefficient (Wildman–Crippen LogP) is 4.04. The Morgan fingerprint density at radius 3 is 2.69 bits per heavy atom. The average Bonchev–Trinajstić information content (AvgIpc) is 3.25. The smallest absolute Gasteiger partial charge is 0.244 e. The van der Waals surface area contributed by atoms with Crippen LogP contribution < -0.4 is 14.8 Å². The molecule has 0 spiro atoms. The summed E-state index contributed by atoms with van der Waals surface area (Å²) in [7, 11) is 0. The van der Waals surface area contributed by atoms with E-state index in [9.17, 15) is 4.79 Å².